The number of hydrogen-bond donors (Lipinski definition) is 2. The van der Waals surface area contributed by atoms with E-state index < -0.39 is 6.04 Å². The molecule has 6 nitrogen and oxygen atoms in total. The van der Waals surface area contributed by atoms with Crippen LogP contribution < -0.4 is 15.5 Å². The number of likely N-dealkylation sites (tertiary alicyclic amines) is 1. The molecule has 2 N–H and O–H groups in total. The highest BCUT2D eigenvalue weighted by molar-refractivity contribution is 6.00. The van der Waals surface area contributed by atoms with E-state index in [4.69, 9.17) is 4.74 Å². The summed E-state index contributed by atoms with van der Waals surface area (Å²) in [6.07, 6.45) is 2.71. The summed E-state index contributed by atoms with van der Waals surface area (Å²) >= 11 is 0. The lowest BCUT2D eigenvalue weighted by atomic mass is 10.0. The molecule has 0 saturated carbocycles. The molecule has 0 aromatic heterocycles. The van der Waals surface area contributed by atoms with Gasteiger partial charge >= 0.3 is 0 Å². The van der Waals surface area contributed by atoms with Crippen LogP contribution in [0.5, 0.6) is 5.75 Å². The van der Waals surface area contributed by atoms with Crippen LogP contribution in [0.1, 0.15) is 49.0 Å². The summed E-state index contributed by atoms with van der Waals surface area (Å²) in [4.78, 5) is 26.7. The molecule has 0 spiro atoms. The minimum absolute atomic E-state index is 0.122. The van der Waals surface area contributed by atoms with Crippen molar-refractivity contribution in [2.45, 2.75) is 45.7 Å². The van der Waals surface area contributed by atoms with Gasteiger partial charge in [0.25, 0.3) is 11.8 Å². The molecule has 3 aromatic rings. The Balaban J connectivity index is 1.49. The highest BCUT2D eigenvalue weighted by Crippen LogP contribution is 2.23. The maximum Gasteiger partial charge on any atom is 0.287 e. The molecule has 0 aliphatic carbocycles. The standard InChI is InChI=1S/C29H35N3O3/c1-21(2)18-27(30-28(33)25-13-12-23-8-4-5-9-24(23)19-25)29(34)31-32(16-6-7-17-32)20-22-10-14-26(35-3)15-11-22/h4-5,8-15,19,21,27H,6-7,16-18,20H2,1-3H3,(H-,30,31,33,34)/p+1/t27-/m0/s1. The van der Waals surface area contributed by atoms with E-state index in [2.05, 4.69) is 36.7 Å². The van der Waals surface area contributed by atoms with Crippen LogP contribution >= 0.6 is 0 Å². The van der Waals surface area contributed by atoms with Gasteiger partial charge in [-0.05, 0) is 59.5 Å². The average molecular weight is 475 g/mol. The van der Waals surface area contributed by atoms with Gasteiger partial charge in [0.15, 0.2) is 0 Å². The van der Waals surface area contributed by atoms with Crippen LogP contribution in [0.25, 0.3) is 10.8 Å². The molecule has 1 aliphatic rings. The third-order valence-electron chi connectivity index (χ3n) is 6.75. The van der Waals surface area contributed by atoms with E-state index in [9.17, 15) is 9.59 Å². The van der Waals surface area contributed by atoms with Crippen LogP contribution in [-0.2, 0) is 11.3 Å². The van der Waals surface area contributed by atoms with E-state index in [0.717, 1.165) is 48.0 Å². The first-order chi connectivity index (χ1) is 16.9. The van der Waals surface area contributed by atoms with Crippen LogP contribution in [0, 0.1) is 5.92 Å². The number of nitrogens with zero attached hydrogens (tertiary/aromatic N) is 1. The summed E-state index contributed by atoms with van der Waals surface area (Å²) in [5.41, 5.74) is 5.02. The van der Waals surface area contributed by atoms with Crippen molar-refractivity contribution in [1.82, 2.24) is 10.7 Å². The number of ether oxygens (including phenoxy) is 1. The lowest BCUT2D eigenvalue weighted by molar-refractivity contribution is -0.963. The molecule has 1 saturated heterocycles. The Labute approximate surface area is 207 Å². The highest BCUT2D eigenvalue weighted by atomic mass is 16.5. The molecule has 0 radical (unpaired) electrons. The molecule has 184 valence electrons. The minimum atomic E-state index is -0.597. The van der Waals surface area contributed by atoms with Crippen molar-refractivity contribution < 1.29 is 18.9 Å². The Kier molecular flexibility index (Phi) is 7.71. The lowest BCUT2D eigenvalue weighted by Crippen LogP contribution is -2.62. The predicted octanol–water partition coefficient (Wildman–Crippen LogP) is 4.83. The van der Waals surface area contributed by atoms with E-state index in [-0.39, 0.29) is 17.7 Å². The summed E-state index contributed by atoms with van der Waals surface area (Å²) in [5.74, 6) is 0.735. The number of amides is 2. The third-order valence-corrected chi connectivity index (χ3v) is 6.75. The second-order valence-electron chi connectivity index (χ2n) is 10.00. The minimum Gasteiger partial charge on any atom is -0.497 e. The van der Waals surface area contributed by atoms with Crippen LogP contribution in [0.15, 0.2) is 66.7 Å². The smallest absolute Gasteiger partial charge is 0.287 e. The van der Waals surface area contributed by atoms with E-state index in [1.165, 1.54) is 0 Å². The highest BCUT2D eigenvalue weighted by Gasteiger charge is 2.37. The molecule has 4 rings (SSSR count). The summed E-state index contributed by atoms with van der Waals surface area (Å²) in [5, 5.41) is 5.11. The predicted molar refractivity (Wildman–Crippen MR) is 139 cm³/mol. The molecule has 1 heterocycles. The van der Waals surface area contributed by atoms with Crippen LogP contribution in [0.4, 0.5) is 0 Å². The Bertz CT molecular complexity index is 1170. The van der Waals surface area contributed by atoms with E-state index >= 15 is 0 Å². The molecule has 1 aliphatic heterocycles. The van der Waals surface area contributed by atoms with Crippen molar-refractivity contribution in [2.24, 2.45) is 5.92 Å². The molecule has 6 heteroatoms. The van der Waals surface area contributed by atoms with Gasteiger partial charge in [-0.25, -0.2) is 4.59 Å². The second-order valence-corrected chi connectivity index (χ2v) is 10.00. The van der Waals surface area contributed by atoms with Gasteiger partial charge in [0.2, 0.25) is 0 Å². The lowest BCUT2D eigenvalue weighted by Gasteiger charge is -2.35. The maximum absolute atomic E-state index is 13.5. The van der Waals surface area contributed by atoms with Crippen molar-refractivity contribution in [2.75, 3.05) is 20.2 Å². The van der Waals surface area contributed by atoms with Gasteiger partial charge in [-0.15, -0.1) is 0 Å². The Morgan fingerprint density at radius 3 is 2.29 bits per heavy atom. The number of quaternary nitrogens is 1. The number of benzene rings is 3. The summed E-state index contributed by atoms with van der Waals surface area (Å²) in [7, 11) is 1.66. The molecule has 35 heavy (non-hydrogen) atoms. The van der Waals surface area contributed by atoms with Gasteiger partial charge in [0.1, 0.15) is 31.4 Å². The van der Waals surface area contributed by atoms with E-state index in [1.807, 2.05) is 54.6 Å². The molecule has 1 fully saturated rings. The van der Waals surface area contributed by atoms with Crippen LogP contribution in [0.3, 0.4) is 0 Å². The molecule has 3 aromatic carbocycles. The Morgan fingerprint density at radius 2 is 1.63 bits per heavy atom. The quantitative estimate of drug-likeness (QED) is 0.436. The molecule has 2 amide bonds. The van der Waals surface area contributed by atoms with E-state index in [1.54, 1.807) is 7.11 Å². The van der Waals surface area contributed by atoms with Gasteiger partial charge in [-0.2, -0.15) is 5.43 Å². The SMILES string of the molecule is COc1ccc(C[N+]2(NC(=O)[C@H](CC(C)C)NC(=O)c3ccc4ccccc4c3)CCCC2)cc1. The normalized spacial score (nSPS) is 15.7. The zero-order chi connectivity index (χ0) is 24.8. The largest absolute Gasteiger partial charge is 0.497 e. The number of nitrogens with one attached hydrogen (secondary N) is 2. The number of hydrogen-bond acceptors (Lipinski definition) is 3. The topological polar surface area (TPSA) is 67.4 Å². The Hall–Kier alpha value is -3.38. The fourth-order valence-electron chi connectivity index (χ4n) is 4.92. The maximum atomic E-state index is 13.5. The van der Waals surface area contributed by atoms with Crippen molar-refractivity contribution in [3.8, 4) is 5.75 Å². The van der Waals surface area contributed by atoms with Gasteiger partial charge in [-0.3, -0.25) is 9.59 Å². The van der Waals surface area contributed by atoms with Crippen molar-refractivity contribution in [3.63, 3.8) is 0 Å². The number of fused-ring (bicyclic) bond motifs is 1. The zero-order valence-corrected chi connectivity index (χ0v) is 20.9. The van der Waals surface area contributed by atoms with Crippen molar-refractivity contribution in [1.29, 1.82) is 0 Å². The van der Waals surface area contributed by atoms with Crippen LogP contribution in [0.2, 0.25) is 0 Å². The Morgan fingerprint density at radius 1 is 0.943 bits per heavy atom. The molecule has 1 atom stereocenters. The fraction of sp³-hybridized carbons (Fsp3) is 0.379. The molecule has 0 unspecified atom stereocenters. The van der Waals surface area contributed by atoms with Gasteiger partial charge in [0.05, 0.1) is 7.11 Å². The first kappa shape index (κ1) is 24.7. The first-order valence-electron chi connectivity index (χ1n) is 12.5. The van der Waals surface area contributed by atoms with Gasteiger partial charge < -0.3 is 10.1 Å². The molecule has 0 bridgehead atoms. The van der Waals surface area contributed by atoms with Crippen molar-refractivity contribution in [3.05, 3.63) is 77.9 Å². The van der Waals surface area contributed by atoms with Gasteiger partial charge in [-0.1, -0.05) is 44.2 Å². The summed E-state index contributed by atoms with van der Waals surface area (Å²) in [6.45, 7) is 6.61. The van der Waals surface area contributed by atoms with Crippen molar-refractivity contribution >= 4 is 22.6 Å². The number of carbonyl (C=O) groups excluding carboxylic acids is 2. The first-order valence-corrected chi connectivity index (χ1v) is 12.5. The molecular formula is C29H36N3O3+. The summed E-state index contributed by atoms with van der Waals surface area (Å²) < 4.78 is 5.78. The third kappa shape index (κ3) is 6.20. The number of methoxy groups -OCH3 is 1. The zero-order valence-electron chi connectivity index (χ0n) is 20.9. The van der Waals surface area contributed by atoms with Crippen LogP contribution in [-0.4, -0.2) is 42.6 Å². The van der Waals surface area contributed by atoms with Gasteiger partial charge in [0, 0.05) is 24.0 Å². The fourth-order valence-corrected chi connectivity index (χ4v) is 4.92. The number of carbonyl (C=O) groups is 2. The second kappa shape index (κ2) is 10.9. The monoisotopic (exact) mass is 474 g/mol. The number of rotatable bonds is 9. The van der Waals surface area contributed by atoms with E-state index in [0.29, 0.717) is 23.1 Å². The average Bonchev–Trinajstić information content (AvgIpc) is 3.31. The molecular weight excluding hydrogens is 438 g/mol. The summed E-state index contributed by atoms with van der Waals surface area (Å²) in [6, 6.07) is 21.0.